The maximum Gasteiger partial charge on any atom is 0.338 e. The average molecular weight is 472 g/mol. The highest BCUT2D eigenvalue weighted by Gasteiger charge is 2.28. The van der Waals surface area contributed by atoms with Crippen LogP contribution >= 0.6 is 46.4 Å². The smallest absolute Gasteiger partial charge is 0.338 e. The van der Waals surface area contributed by atoms with Crippen molar-refractivity contribution in [1.82, 2.24) is 0 Å². The molecule has 0 aromatic heterocycles. The maximum absolute atomic E-state index is 12.6. The Hall–Kier alpha value is -1.71. The van der Waals surface area contributed by atoms with Gasteiger partial charge in [-0.15, -0.1) is 0 Å². The second-order valence-electron chi connectivity index (χ2n) is 5.22. The molecule has 0 unspecified atom stereocenters. The lowest BCUT2D eigenvalue weighted by Gasteiger charge is -2.14. The van der Waals surface area contributed by atoms with Gasteiger partial charge in [-0.2, -0.15) is 0 Å². The van der Waals surface area contributed by atoms with E-state index in [-0.39, 0.29) is 26.4 Å². The molecule has 0 aliphatic rings. The van der Waals surface area contributed by atoms with Gasteiger partial charge in [0.05, 0.1) is 37.5 Å². The fourth-order valence-corrected chi connectivity index (χ4v) is 3.66. The van der Waals surface area contributed by atoms with Gasteiger partial charge in [0, 0.05) is 11.4 Å². The zero-order valence-electron chi connectivity index (χ0n) is 13.3. The molecule has 2 rings (SSSR count). The summed E-state index contributed by atoms with van der Waals surface area (Å²) in [6.45, 7) is 0. The summed E-state index contributed by atoms with van der Waals surface area (Å²) >= 11 is 23.6. The van der Waals surface area contributed by atoms with Crippen LogP contribution in [0.25, 0.3) is 0 Å². The number of amides is 1. The molecule has 0 saturated heterocycles. The molecule has 7 nitrogen and oxygen atoms in total. The fourth-order valence-electron chi connectivity index (χ4n) is 2.07. The minimum atomic E-state index is -3.45. The molecule has 2 aromatic carbocycles. The first-order valence-corrected chi connectivity index (χ1v) is 10.3. The van der Waals surface area contributed by atoms with Gasteiger partial charge >= 0.3 is 5.97 Å². The number of carboxylic acids is 1. The summed E-state index contributed by atoms with van der Waals surface area (Å²) in [5.41, 5.74) is -0.531. The molecule has 0 fully saturated rings. The standard InChI is InChI=1S/C15H10Cl4N2O5S/c1-27(25,26)21-7-4-2-6(3-5-7)20-14(22)8-9(15(23)24)11(17)13(19)12(18)10(8)16/h2-5,21H,1H3,(H,20,22)(H,23,24). The Labute approximate surface area is 174 Å². The van der Waals surface area contributed by atoms with Gasteiger partial charge in [0.15, 0.2) is 0 Å². The molecule has 0 radical (unpaired) electrons. The summed E-state index contributed by atoms with van der Waals surface area (Å²) in [5, 5.41) is 10.5. The first-order chi connectivity index (χ1) is 12.4. The minimum Gasteiger partial charge on any atom is -0.478 e. The van der Waals surface area contributed by atoms with Crippen molar-refractivity contribution in [3.05, 3.63) is 55.5 Å². The maximum atomic E-state index is 12.6. The number of rotatable bonds is 5. The summed E-state index contributed by atoms with van der Waals surface area (Å²) in [4.78, 5) is 24.1. The molecule has 3 N–H and O–H groups in total. The van der Waals surface area contributed by atoms with Crippen LogP contribution in [0.1, 0.15) is 20.7 Å². The summed E-state index contributed by atoms with van der Waals surface area (Å²) in [6.07, 6.45) is 0.992. The number of sulfonamides is 1. The van der Waals surface area contributed by atoms with Crippen LogP contribution in [-0.2, 0) is 10.0 Å². The van der Waals surface area contributed by atoms with Crippen molar-refractivity contribution < 1.29 is 23.1 Å². The van der Waals surface area contributed by atoms with Gasteiger partial charge in [0.2, 0.25) is 10.0 Å². The topological polar surface area (TPSA) is 113 Å². The largest absolute Gasteiger partial charge is 0.478 e. The van der Waals surface area contributed by atoms with Crippen LogP contribution in [0.2, 0.25) is 20.1 Å². The normalized spacial score (nSPS) is 11.1. The number of halogens is 4. The van der Waals surface area contributed by atoms with Crippen LogP contribution in [0, 0.1) is 0 Å². The Bertz CT molecular complexity index is 1040. The molecule has 27 heavy (non-hydrogen) atoms. The molecule has 12 heteroatoms. The Kier molecular flexibility index (Phi) is 6.49. The third kappa shape index (κ3) is 4.97. The van der Waals surface area contributed by atoms with Gasteiger partial charge in [-0.1, -0.05) is 46.4 Å². The van der Waals surface area contributed by atoms with E-state index >= 15 is 0 Å². The van der Waals surface area contributed by atoms with Gasteiger partial charge in [-0.05, 0) is 24.3 Å². The van der Waals surface area contributed by atoms with Crippen molar-refractivity contribution in [2.45, 2.75) is 0 Å². The number of hydrogen-bond donors (Lipinski definition) is 3. The first kappa shape index (κ1) is 21.6. The highest BCUT2D eigenvalue weighted by Crippen LogP contribution is 2.41. The lowest BCUT2D eigenvalue weighted by molar-refractivity contribution is 0.0692. The van der Waals surface area contributed by atoms with Crippen LogP contribution in [-0.4, -0.2) is 31.7 Å². The van der Waals surface area contributed by atoms with E-state index in [1.165, 1.54) is 24.3 Å². The highest BCUT2D eigenvalue weighted by molar-refractivity contribution is 7.92. The summed E-state index contributed by atoms with van der Waals surface area (Å²) in [7, 11) is -3.45. The van der Waals surface area contributed by atoms with Gasteiger partial charge < -0.3 is 10.4 Å². The third-order valence-electron chi connectivity index (χ3n) is 3.15. The fraction of sp³-hybridized carbons (Fsp3) is 0.0667. The molecular weight excluding hydrogens is 462 g/mol. The van der Waals surface area contributed by atoms with Gasteiger partial charge in [0.25, 0.3) is 5.91 Å². The van der Waals surface area contributed by atoms with E-state index in [0.717, 1.165) is 6.26 Å². The zero-order chi connectivity index (χ0) is 20.5. The molecule has 2 aromatic rings. The predicted octanol–water partition coefficient (Wildman–Crippen LogP) is 4.62. The molecule has 0 aliphatic heterocycles. The van der Waals surface area contributed by atoms with E-state index in [1.54, 1.807) is 0 Å². The Morgan fingerprint density at radius 3 is 1.74 bits per heavy atom. The molecule has 0 spiro atoms. The summed E-state index contributed by atoms with van der Waals surface area (Å²) in [5.74, 6) is -2.40. The van der Waals surface area contributed by atoms with E-state index in [9.17, 15) is 23.1 Å². The average Bonchev–Trinajstić information content (AvgIpc) is 2.56. The van der Waals surface area contributed by atoms with E-state index in [4.69, 9.17) is 46.4 Å². The van der Waals surface area contributed by atoms with E-state index < -0.39 is 38.0 Å². The third-order valence-corrected chi connectivity index (χ3v) is 5.56. The van der Waals surface area contributed by atoms with Gasteiger partial charge in [-0.25, -0.2) is 13.2 Å². The Balaban J connectivity index is 2.40. The molecule has 0 saturated carbocycles. The minimum absolute atomic E-state index is 0.244. The van der Waals surface area contributed by atoms with Crippen LogP contribution in [0.15, 0.2) is 24.3 Å². The number of benzene rings is 2. The van der Waals surface area contributed by atoms with Crippen molar-refractivity contribution in [3.8, 4) is 0 Å². The number of carbonyl (C=O) groups excluding carboxylic acids is 1. The molecule has 0 heterocycles. The van der Waals surface area contributed by atoms with Crippen molar-refractivity contribution in [2.75, 3.05) is 16.3 Å². The number of hydrogen-bond acceptors (Lipinski definition) is 4. The SMILES string of the molecule is CS(=O)(=O)Nc1ccc(NC(=O)c2c(Cl)c(Cl)c(Cl)c(Cl)c2C(=O)O)cc1. The van der Waals surface area contributed by atoms with Gasteiger partial charge in [-0.3, -0.25) is 9.52 Å². The monoisotopic (exact) mass is 470 g/mol. The predicted molar refractivity (Wildman–Crippen MR) is 106 cm³/mol. The second-order valence-corrected chi connectivity index (χ2v) is 8.48. The van der Waals surface area contributed by atoms with E-state index in [0.29, 0.717) is 0 Å². The molecule has 0 atom stereocenters. The highest BCUT2D eigenvalue weighted by atomic mass is 35.5. The van der Waals surface area contributed by atoms with Crippen molar-refractivity contribution in [3.63, 3.8) is 0 Å². The van der Waals surface area contributed by atoms with Crippen LogP contribution < -0.4 is 10.0 Å². The summed E-state index contributed by atoms with van der Waals surface area (Å²) in [6, 6.07) is 5.61. The number of nitrogens with one attached hydrogen (secondary N) is 2. The Morgan fingerprint density at radius 1 is 0.852 bits per heavy atom. The van der Waals surface area contributed by atoms with Crippen molar-refractivity contribution in [1.29, 1.82) is 0 Å². The number of carbonyl (C=O) groups is 2. The van der Waals surface area contributed by atoms with Crippen LogP contribution in [0.3, 0.4) is 0 Å². The lowest BCUT2D eigenvalue weighted by atomic mass is 10.1. The number of aromatic carboxylic acids is 1. The lowest BCUT2D eigenvalue weighted by Crippen LogP contribution is -2.18. The molecule has 144 valence electrons. The quantitative estimate of drug-likeness (QED) is 0.434. The summed E-state index contributed by atoms with van der Waals surface area (Å²) < 4.78 is 24.6. The molecule has 1 amide bonds. The number of anilines is 2. The van der Waals surface area contributed by atoms with E-state index in [1.807, 2.05) is 0 Å². The first-order valence-electron chi connectivity index (χ1n) is 6.90. The van der Waals surface area contributed by atoms with Crippen molar-refractivity contribution >= 4 is 79.7 Å². The number of carboxylic acid groups (broad SMARTS) is 1. The Morgan fingerprint density at radius 2 is 1.30 bits per heavy atom. The van der Waals surface area contributed by atoms with Crippen LogP contribution in [0.5, 0.6) is 0 Å². The zero-order valence-corrected chi connectivity index (χ0v) is 17.1. The molecular formula is C15H10Cl4N2O5S. The van der Waals surface area contributed by atoms with Crippen molar-refractivity contribution in [2.24, 2.45) is 0 Å². The molecule has 0 bridgehead atoms. The van der Waals surface area contributed by atoms with Gasteiger partial charge in [0.1, 0.15) is 0 Å². The second kappa shape index (κ2) is 8.12. The van der Waals surface area contributed by atoms with Crippen LogP contribution in [0.4, 0.5) is 11.4 Å². The molecule has 0 aliphatic carbocycles. The van der Waals surface area contributed by atoms with E-state index in [2.05, 4.69) is 10.0 Å².